The van der Waals surface area contributed by atoms with E-state index in [1.165, 1.54) is 11.0 Å². The predicted octanol–water partition coefficient (Wildman–Crippen LogP) is 0.572. The zero-order chi connectivity index (χ0) is 15.1. The fraction of sp³-hybridized carbons (Fsp3) is 0.385. The van der Waals surface area contributed by atoms with E-state index in [1.807, 2.05) is 19.1 Å². The first-order chi connectivity index (χ1) is 10.2. The molecular formula is C13H17N5O3. The van der Waals surface area contributed by atoms with Crippen LogP contribution < -0.4 is 5.32 Å². The minimum Gasteiger partial charge on any atom is -0.382 e. The van der Waals surface area contributed by atoms with Crippen LogP contribution in [0.5, 0.6) is 0 Å². The summed E-state index contributed by atoms with van der Waals surface area (Å²) in [6, 6.07) is 5.56. The highest BCUT2D eigenvalue weighted by Gasteiger charge is 2.07. The van der Waals surface area contributed by atoms with E-state index >= 15 is 0 Å². The van der Waals surface area contributed by atoms with Crippen molar-refractivity contribution in [3.8, 4) is 5.69 Å². The van der Waals surface area contributed by atoms with E-state index in [0.29, 0.717) is 18.9 Å². The van der Waals surface area contributed by atoms with Gasteiger partial charge in [0.25, 0.3) is 0 Å². The number of carbonyl (C=O) groups excluding carboxylic acids is 1. The Morgan fingerprint density at radius 2 is 2.24 bits per heavy atom. The van der Waals surface area contributed by atoms with E-state index in [0.717, 1.165) is 11.3 Å². The molecule has 112 valence electrons. The molecule has 21 heavy (non-hydrogen) atoms. The van der Waals surface area contributed by atoms with Gasteiger partial charge in [-0.05, 0) is 35.0 Å². The average Bonchev–Trinajstić information content (AvgIpc) is 3.00. The molecule has 8 heteroatoms. The molecule has 0 aliphatic rings. The second-order valence-corrected chi connectivity index (χ2v) is 4.35. The van der Waals surface area contributed by atoms with E-state index in [9.17, 15) is 4.79 Å². The van der Waals surface area contributed by atoms with Crippen molar-refractivity contribution >= 4 is 11.6 Å². The number of nitrogens with zero attached hydrogens (tertiary/aromatic N) is 4. The summed E-state index contributed by atoms with van der Waals surface area (Å²) in [6.07, 6.45) is 1.49. The molecular weight excluding hydrogens is 274 g/mol. The Kier molecular flexibility index (Phi) is 5.35. The lowest BCUT2D eigenvalue weighted by Crippen LogP contribution is -2.20. The Morgan fingerprint density at radius 1 is 1.38 bits per heavy atom. The topological polar surface area (TPSA) is 91.2 Å². The van der Waals surface area contributed by atoms with Crippen LogP contribution in [0.2, 0.25) is 0 Å². The Balaban J connectivity index is 1.99. The fourth-order valence-electron chi connectivity index (χ4n) is 1.66. The van der Waals surface area contributed by atoms with E-state index in [2.05, 4.69) is 20.8 Å². The number of aryl methyl sites for hydroxylation is 1. The number of ether oxygens (including phenoxy) is 2. The monoisotopic (exact) mass is 291 g/mol. The van der Waals surface area contributed by atoms with Crippen molar-refractivity contribution in [2.24, 2.45) is 0 Å². The molecule has 0 aliphatic carbocycles. The van der Waals surface area contributed by atoms with Crippen LogP contribution in [0.1, 0.15) is 5.56 Å². The standard InChI is InChI=1S/C13H17N5O3/c1-10-3-4-11(18-9-14-16-17-18)7-12(10)15-13(19)8-21-6-5-20-2/h3-4,7,9H,5-6,8H2,1-2H3,(H,15,19). The highest BCUT2D eigenvalue weighted by Crippen LogP contribution is 2.18. The lowest BCUT2D eigenvalue weighted by Gasteiger charge is -2.10. The van der Waals surface area contributed by atoms with Crippen molar-refractivity contribution in [2.45, 2.75) is 6.92 Å². The maximum Gasteiger partial charge on any atom is 0.250 e. The summed E-state index contributed by atoms with van der Waals surface area (Å²) in [6.45, 7) is 2.73. The molecule has 0 spiro atoms. The molecule has 1 heterocycles. The molecule has 1 amide bonds. The third-order valence-electron chi connectivity index (χ3n) is 2.77. The summed E-state index contributed by atoms with van der Waals surface area (Å²) >= 11 is 0. The van der Waals surface area contributed by atoms with E-state index in [4.69, 9.17) is 9.47 Å². The highest BCUT2D eigenvalue weighted by molar-refractivity contribution is 5.92. The number of aromatic nitrogens is 4. The fourth-order valence-corrected chi connectivity index (χ4v) is 1.66. The van der Waals surface area contributed by atoms with E-state index < -0.39 is 0 Å². The van der Waals surface area contributed by atoms with Gasteiger partial charge >= 0.3 is 0 Å². The number of amides is 1. The van der Waals surface area contributed by atoms with Gasteiger partial charge in [-0.25, -0.2) is 4.68 Å². The Bertz CT molecular complexity index is 585. The van der Waals surface area contributed by atoms with Crippen LogP contribution >= 0.6 is 0 Å². The predicted molar refractivity (Wildman–Crippen MR) is 75.2 cm³/mol. The van der Waals surface area contributed by atoms with Crippen molar-refractivity contribution in [3.63, 3.8) is 0 Å². The molecule has 0 unspecified atom stereocenters. The number of anilines is 1. The normalized spacial score (nSPS) is 10.6. The van der Waals surface area contributed by atoms with Crippen LogP contribution in [-0.2, 0) is 14.3 Å². The minimum atomic E-state index is -0.219. The highest BCUT2D eigenvalue weighted by atomic mass is 16.5. The van der Waals surface area contributed by atoms with Crippen molar-refractivity contribution in [1.82, 2.24) is 20.2 Å². The van der Waals surface area contributed by atoms with Gasteiger partial charge in [-0.2, -0.15) is 0 Å². The third kappa shape index (κ3) is 4.33. The minimum absolute atomic E-state index is 0.0160. The maximum atomic E-state index is 11.8. The number of carbonyl (C=O) groups is 1. The van der Waals surface area contributed by atoms with Crippen LogP contribution in [0.15, 0.2) is 24.5 Å². The Hall–Kier alpha value is -2.32. The van der Waals surface area contributed by atoms with Crippen LogP contribution in [0.25, 0.3) is 5.69 Å². The first-order valence-electron chi connectivity index (χ1n) is 6.41. The molecule has 8 nitrogen and oxygen atoms in total. The Labute approximate surface area is 122 Å². The van der Waals surface area contributed by atoms with Gasteiger partial charge in [-0.15, -0.1) is 5.10 Å². The van der Waals surface area contributed by atoms with Crippen LogP contribution in [0, 0.1) is 6.92 Å². The number of rotatable bonds is 7. The molecule has 0 aliphatic heterocycles. The molecule has 0 fully saturated rings. The number of nitrogens with one attached hydrogen (secondary N) is 1. The van der Waals surface area contributed by atoms with Gasteiger partial charge in [0.15, 0.2) is 0 Å². The molecule has 0 radical (unpaired) electrons. The van der Waals surface area contributed by atoms with Gasteiger partial charge in [0.05, 0.1) is 18.9 Å². The van der Waals surface area contributed by atoms with Crippen LogP contribution in [0.3, 0.4) is 0 Å². The van der Waals surface area contributed by atoms with Gasteiger partial charge < -0.3 is 14.8 Å². The van der Waals surface area contributed by atoms with Crippen LogP contribution in [0.4, 0.5) is 5.69 Å². The SMILES string of the molecule is COCCOCC(=O)Nc1cc(-n2cnnn2)ccc1C. The number of benzene rings is 1. The zero-order valence-electron chi connectivity index (χ0n) is 11.9. The summed E-state index contributed by atoms with van der Waals surface area (Å²) < 4.78 is 11.5. The second kappa shape index (κ2) is 7.46. The van der Waals surface area contributed by atoms with Crippen molar-refractivity contribution < 1.29 is 14.3 Å². The molecule has 0 bridgehead atoms. The molecule has 1 aromatic carbocycles. The average molecular weight is 291 g/mol. The molecule has 0 atom stereocenters. The van der Waals surface area contributed by atoms with Crippen molar-refractivity contribution in [2.75, 3.05) is 32.2 Å². The molecule has 2 rings (SSSR count). The quantitative estimate of drug-likeness (QED) is 0.750. The lowest BCUT2D eigenvalue weighted by atomic mass is 10.2. The largest absolute Gasteiger partial charge is 0.382 e. The lowest BCUT2D eigenvalue weighted by molar-refractivity contribution is -0.121. The first kappa shape index (κ1) is 15.1. The van der Waals surface area contributed by atoms with E-state index in [-0.39, 0.29) is 12.5 Å². The number of hydrogen-bond acceptors (Lipinski definition) is 6. The molecule has 0 saturated heterocycles. The summed E-state index contributed by atoms with van der Waals surface area (Å²) in [5, 5.41) is 13.8. The Morgan fingerprint density at radius 3 is 2.95 bits per heavy atom. The number of methoxy groups -OCH3 is 1. The van der Waals surface area contributed by atoms with Crippen LogP contribution in [-0.4, -0.2) is 53.0 Å². The molecule has 1 N–H and O–H groups in total. The van der Waals surface area contributed by atoms with Gasteiger partial charge in [0, 0.05) is 12.8 Å². The molecule has 0 saturated carbocycles. The van der Waals surface area contributed by atoms with Crippen molar-refractivity contribution in [1.29, 1.82) is 0 Å². The summed E-state index contributed by atoms with van der Waals surface area (Å²) in [4.78, 5) is 11.8. The summed E-state index contributed by atoms with van der Waals surface area (Å²) in [5.41, 5.74) is 2.40. The summed E-state index contributed by atoms with van der Waals surface area (Å²) in [5.74, 6) is -0.219. The smallest absolute Gasteiger partial charge is 0.250 e. The van der Waals surface area contributed by atoms with Gasteiger partial charge in [0.1, 0.15) is 12.9 Å². The van der Waals surface area contributed by atoms with Gasteiger partial charge in [-0.3, -0.25) is 4.79 Å². The summed E-state index contributed by atoms with van der Waals surface area (Å²) in [7, 11) is 1.58. The zero-order valence-corrected chi connectivity index (χ0v) is 11.9. The maximum absolute atomic E-state index is 11.8. The van der Waals surface area contributed by atoms with Crippen molar-refractivity contribution in [3.05, 3.63) is 30.1 Å². The first-order valence-corrected chi connectivity index (χ1v) is 6.41. The van der Waals surface area contributed by atoms with Gasteiger partial charge in [-0.1, -0.05) is 6.07 Å². The van der Waals surface area contributed by atoms with Gasteiger partial charge in [0.2, 0.25) is 5.91 Å². The third-order valence-corrected chi connectivity index (χ3v) is 2.77. The molecule has 2 aromatic rings. The second-order valence-electron chi connectivity index (χ2n) is 4.35. The van der Waals surface area contributed by atoms with E-state index in [1.54, 1.807) is 13.2 Å². The number of tetrazole rings is 1. The molecule has 1 aromatic heterocycles. The number of hydrogen-bond donors (Lipinski definition) is 1.